The fourth-order valence-electron chi connectivity index (χ4n) is 2.13. The van der Waals surface area contributed by atoms with E-state index in [-0.39, 0.29) is 11.9 Å². The molecule has 1 aromatic rings. The monoisotopic (exact) mass is 345 g/mol. The number of benzene rings is 1. The molecule has 0 spiro atoms. The zero-order valence-corrected chi connectivity index (χ0v) is 14.2. The summed E-state index contributed by atoms with van der Waals surface area (Å²) in [4.78, 5) is 0. The summed E-state index contributed by atoms with van der Waals surface area (Å²) in [5, 5.41) is 3.57. The van der Waals surface area contributed by atoms with Crippen LogP contribution < -0.4 is 5.32 Å². The van der Waals surface area contributed by atoms with Crippen molar-refractivity contribution >= 4 is 15.9 Å². The van der Waals surface area contributed by atoms with E-state index in [0.29, 0.717) is 10.5 Å². The molecule has 0 saturated carbocycles. The van der Waals surface area contributed by atoms with Gasteiger partial charge in [-0.3, -0.25) is 0 Å². The Hall–Kier alpha value is -0.450. The van der Waals surface area contributed by atoms with Crippen molar-refractivity contribution in [3.05, 3.63) is 34.1 Å². The lowest BCUT2D eigenvalue weighted by Gasteiger charge is -2.20. The second-order valence-corrected chi connectivity index (χ2v) is 6.08. The highest BCUT2D eigenvalue weighted by Crippen LogP contribution is 2.19. The molecule has 1 rings (SSSR count). The van der Waals surface area contributed by atoms with E-state index in [2.05, 4.69) is 35.1 Å². The smallest absolute Gasteiger partial charge is 0.137 e. The molecular weight excluding hydrogens is 321 g/mol. The zero-order valence-electron chi connectivity index (χ0n) is 12.6. The summed E-state index contributed by atoms with van der Waals surface area (Å²) in [6.07, 6.45) is 4.39. The van der Waals surface area contributed by atoms with E-state index in [1.807, 2.05) is 12.1 Å². The van der Waals surface area contributed by atoms with Crippen molar-refractivity contribution < 1.29 is 9.13 Å². The molecule has 0 heterocycles. The summed E-state index contributed by atoms with van der Waals surface area (Å²) in [6, 6.07) is 5.66. The Morgan fingerprint density at radius 1 is 1.35 bits per heavy atom. The maximum Gasteiger partial charge on any atom is 0.137 e. The van der Waals surface area contributed by atoms with Crippen LogP contribution in [0.4, 0.5) is 4.39 Å². The van der Waals surface area contributed by atoms with Gasteiger partial charge in [-0.1, -0.05) is 13.0 Å². The number of rotatable bonds is 9. The Bertz CT molecular complexity index is 400. The van der Waals surface area contributed by atoms with Crippen LogP contribution in [-0.2, 0) is 11.2 Å². The summed E-state index contributed by atoms with van der Waals surface area (Å²) in [5.41, 5.74) is 1.15. The van der Waals surface area contributed by atoms with Gasteiger partial charge >= 0.3 is 0 Å². The highest BCUT2D eigenvalue weighted by molar-refractivity contribution is 9.10. The average molecular weight is 346 g/mol. The predicted molar refractivity (Wildman–Crippen MR) is 85.6 cm³/mol. The summed E-state index contributed by atoms with van der Waals surface area (Å²) < 4.78 is 19.1. The fraction of sp³-hybridized carbons (Fsp3) is 0.625. The van der Waals surface area contributed by atoms with E-state index in [1.54, 1.807) is 7.11 Å². The van der Waals surface area contributed by atoms with Gasteiger partial charge in [0.15, 0.2) is 0 Å². The number of ether oxygens (including phenoxy) is 1. The molecule has 114 valence electrons. The van der Waals surface area contributed by atoms with Crippen LogP contribution in [0.1, 0.15) is 38.7 Å². The van der Waals surface area contributed by atoms with Gasteiger partial charge in [-0.15, -0.1) is 0 Å². The van der Waals surface area contributed by atoms with Gasteiger partial charge in [-0.2, -0.15) is 0 Å². The van der Waals surface area contributed by atoms with Crippen molar-refractivity contribution in [3.63, 3.8) is 0 Å². The van der Waals surface area contributed by atoms with Gasteiger partial charge in [0.1, 0.15) is 5.82 Å². The average Bonchev–Trinajstić information content (AvgIpc) is 2.45. The van der Waals surface area contributed by atoms with Crippen molar-refractivity contribution in [1.29, 1.82) is 0 Å². The topological polar surface area (TPSA) is 21.3 Å². The molecule has 0 amide bonds. The van der Waals surface area contributed by atoms with E-state index in [9.17, 15) is 4.39 Å². The first-order valence-electron chi connectivity index (χ1n) is 7.26. The second-order valence-electron chi connectivity index (χ2n) is 5.23. The molecule has 2 nitrogen and oxygen atoms in total. The SMILES string of the molecule is CCCNC(CCC(C)OC)Cc1ccc(F)c(Br)c1. The van der Waals surface area contributed by atoms with Crippen molar-refractivity contribution in [2.24, 2.45) is 0 Å². The van der Waals surface area contributed by atoms with Crippen LogP contribution in [0, 0.1) is 5.82 Å². The van der Waals surface area contributed by atoms with E-state index >= 15 is 0 Å². The summed E-state index contributed by atoms with van der Waals surface area (Å²) >= 11 is 3.25. The fourth-order valence-corrected chi connectivity index (χ4v) is 2.56. The van der Waals surface area contributed by atoms with Gasteiger partial charge in [0.05, 0.1) is 10.6 Å². The highest BCUT2D eigenvalue weighted by Gasteiger charge is 2.12. The van der Waals surface area contributed by atoms with Gasteiger partial charge in [0.25, 0.3) is 0 Å². The molecule has 0 fully saturated rings. The van der Waals surface area contributed by atoms with E-state index in [1.165, 1.54) is 6.07 Å². The lowest BCUT2D eigenvalue weighted by atomic mass is 10.00. The predicted octanol–water partition coefficient (Wildman–Crippen LogP) is 4.31. The first-order valence-corrected chi connectivity index (χ1v) is 8.06. The standard InChI is InChI=1S/C16H25BrFNO/c1-4-9-19-14(7-5-12(2)20-3)10-13-6-8-16(18)15(17)11-13/h6,8,11-12,14,19H,4-5,7,9-10H2,1-3H3. The normalized spacial score (nSPS) is 14.2. The number of halogens is 2. The van der Waals surface area contributed by atoms with E-state index < -0.39 is 0 Å². The molecular formula is C16H25BrFNO. The van der Waals surface area contributed by atoms with Crippen LogP contribution in [0.15, 0.2) is 22.7 Å². The Morgan fingerprint density at radius 2 is 2.10 bits per heavy atom. The van der Waals surface area contributed by atoms with Crippen LogP contribution >= 0.6 is 15.9 Å². The van der Waals surface area contributed by atoms with Crippen molar-refractivity contribution in [2.75, 3.05) is 13.7 Å². The minimum Gasteiger partial charge on any atom is -0.382 e. The maximum absolute atomic E-state index is 13.3. The van der Waals surface area contributed by atoms with E-state index in [4.69, 9.17) is 4.74 Å². The Labute approximate surface area is 130 Å². The zero-order chi connectivity index (χ0) is 15.0. The minimum atomic E-state index is -0.208. The third-order valence-corrected chi connectivity index (χ3v) is 4.08. The van der Waals surface area contributed by atoms with Crippen molar-refractivity contribution in [1.82, 2.24) is 5.32 Å². The Balaban J connectivity index is 2.60. The molecule has 0 aliphatic rings. The van der Waals surface area contributed by atoms with Gasteiger partial charge in [0.2, 0.25) is 0 Å². The summed E-state index contributed by atoms with van der Waals surface area (Å²) in [7, 11) is 1.75. The molecule has 0 aliphatic carbocycles. The molecule has 4 heteroatoms. The molecule has 2 atom stereocenters. The lowest BCUT2D eigenvalue weighted by molar-refractivity contribution is 0.106. The summed E-state index contributed by atoms with van der Waals surface area (Å²) in [5.74, 6) is -0.208. The van der Waals surface area contributed by atoms with Gasteiger partial charge in [-0.25, -0.2) is 4.39 Å². The summed E-state index contributed by atoms with van der Waals surface area (Å²) in [6.45, 7) is 5.26. The minimum absolute atomic E-state index is 0.208. The molecule has 1 N–H and O–H groups in total. The van der Waals surface area contributed by atoms with Crippen molar-refractivity contribution in [3.8, 4) is 0 Å². The number of hydrogen-bond acceptors (Lipinski definition) is 2. The number of methoxy groups -OCH3 is 1. The highest BCUT2D eigenvalue weighted by atomic mass is 79.9. The molecule has 0 aromatic heterocycles. The molecule has 0 bridgehead atoms. The lowest BCUT2D eigenvalue weighted by Crippen LogP contribution is -2.32. The van der Waals surface area contributed by atoms with Crippen LogP contribution in [0.25, 0.3) is 0 Å². The van der Waals surface area contributed by atoms with Crippen LogP contribution in [0.3, 0.4) is 0 Å². The molecule has 2 unspecified atom stereocenters. The first kappa shape index (κ1) is 17.6. The van der Waals surface area contributed by atoms with Crippen LogP contribution in [-0.4, -0.2) is 25.8 Å². The Kier molecular flexibility index (Phi) is 8.34. The molecule has 1 aromatic carbocycles. The molecule has 0 aliphatic heterocycles. The van der Waals surface area contributed by atoms with Gasteiger partial charge in [0, 0.05) is 13.2 Å². The molecule has 0 radical (unpaired) electrons. The van der Waals surface area contributed by atoms with Gasteiger partial charge in [-0.05, 0) is 72.8 Å². The van der Waals surface area contributed by atoms with Crippen molar-refractivity contribution in [2.45, 2.75) is 51.7 Å². The quantitative estimate of drug-likeness (QED) is 0.719. The Morgan fingerprint density at radius 3 is 2.70 bits per heavy atom. The first-order chi connectivity index (χ1) is 9.56. The molecule has 0 saturated heterocycles. The molecule has 20 heavy (non-hydrogen) atoms. The number of hydrogen-bond donors (Lipinski definition) is 1. The number of nitrogens with one attached hydrogen (secondary N) is 1. The van der Waals surface area contributed by atoms with Crippen LogP contribution in [0.5, 0.6) is 0 Å². The van der Waals surface area contributed by atoms with E-state index in [0.717, 1.165) is 37.8 Å². The third kappa shape index (κ3) is 6.33. The van der Waals surface area contributed by atoms with Crippen LogP contribution in [0.2, 0.25) is 0 Å². The maximum atomic E-state index is 13.3. The largest absolute Gasteiger partial charge is 0.382 e. The third-order valence-electron chi connectivity index (χ3n) is 3.47. The van der Waals surface area contributed by atoms with Gasteiger partial charge < -0.3 is 10.1 Å². The second kappa shape index (κ2) is 9.48.